The average Bonchev–Trinajstić information content (AvgIpc) is 1.99. The Kier molecular flexibility index (Phi) is 21.8. The number of carboxylic acids is 3. The van der Waals surface area contributed by atoms with Crippen LogP contribution in [0.5, 0.6) is 0 Å². The number of nitrogens with zero attached hydrogens (tertiary/aromatic N) is 1. The summed E-state index contributed by atoms with van der Waals surface area (Å²) < 4.78 is 0. The van der Waals surface area contributed by atoms with Gasteiger partial charge in [-0.2, -0.15) is 0 Å². The van der Waals surface area contributed by atoms with Gasteiger partial charge in [0.1, 0.15) is 6.04 Å². The zero-order chi connectivity index (χ0) is 11.3. The maximum absolute atomic E-state index is 10.5. The van der Waals surface area contributed by atoms with Crippen LogP contribution in [0.15, 0.2) is 0 Å². The molecule has 0 aromatic carbocycles. The molecule has 0 spiro atoms. The van der Waals surface area contributed by atoms with Crippen LogP contribution in [0.25, 0.3) is 0 Å². The molecule has 0 aliphatic carbocycles. The van der Waals surface area contributed by atoms with Crippen molar-refractivity contribution >= 4 is 107 Å². The standard InChI is InChI=1S/C7H11NO6.3Na.3H/c1-4(7(13)14)8(2-5(9)10)3-6(11)12;;;;;;/h4H,2-3H2,1H3,(H,9,10)(H,11,12)(H,13,14);;;;;;/t4-;;;;;;/m0....../s1. The molecule has 3 N–H and O–H groups in total. The van der Waals surface area contributed by atoms with Gasteiger partial charge < -0.3 is 15.3 Å². The Morgan fingerprint density at radius 3 is 1.41 bits per heavy atom. The first-order valence-corrected chi connectivity index (χ1v) is 3.75. The van der Waals surface area contributed by atoms with E-state index in [2.05, 4.69) is 0 Å². The molecule has 0 rings (SSSR count). The summed E-state index contributed by atoms with van der Waals surface area (Å²) in [6, 6.07) is -1.14. The molecule has 0 amide bonds. The summed E-state index contributed by atoms with van der Waals surface area (Å²) in [6.07, 6.45) is 0. The van der Waals surface area contributed by atoms with Crippen molar-refractivity contribution in [1.29, 1.82) is 0 Å². The van der Waals surface area contributed by atoms with Crippen LogP contribution in [0.4, 0.5) is 0 Å². The van der Waals surface area contributed by atoms with Gasteiger partial charge in [-0.3, -0.25) is 19.3 Å². The molecule has 0 radical (unpaired) electrons. The summed E-state index contributed by atoms with van der Waals surface area (Å²) in [7, 11) is 0. The van der Waals surface area contributed by atoms with Gasteiger partial charge in [0, 0.05) is 0 Å². The molecule has 10 heteroatoms. The second-order valence-electron chi connectivity index (χ2n) is 2.71. The van der Waals surface area contributed by atoms with E-state index in [1.807, 2.05) is 0 Å². The Hall–Kier alpha value is 1.37. The third-order valence-corrected chi connectivity index (χ3v) is 1.58. The van der Waals surface area contributed by atoms with Crippen LogP contribution < -0.4 is 0 Å². The molecule has 0 aliphatic heterocycles. The zero-order valence-electron chi connectivity index (χ0n) is 7.51. The quantitative estimate of drug-likeness (QED) is 0.443. The topological polar surface area (TPSA) is 115 Å². The first-order chi connectivity index (χ1) is 6.34. The average molecular weight is 277 g/mol. The first kappa shape index (κ1) is 26.8. The Labute approximate surface area is 165 Å². The van der Waals surface area contributed by atoms with Crippen molar-refractivity contribution in [3.05, 3.63) is 0 Å². The first-order valence-electron chi connectivity index (χ1n) is 3.75. The summed E-state index contributed by atoms with van der Waals surface area (Å²) in [5, 5.41) is 25.4. The van der Waals surface area contributed by atoms with Crippen molar-refractivity contribution in [3.63, 3.8) is 0 Å². The third-order valence-electron chi connectivity index (χ3n) is 1.58. The zero-order valence-corrected chi connectivity index (χ0v) is 7.51. The van der Waals surface area contributed by atoms with Gasteiger partial charge in [-0.15, -0.1) is 0 Å². The minimum atomic E-state index is -1.26. The molecule has 0 fully saturated rings. The molecule has 0 saturated carbocycles. The summed E-state index contributed by atoms with van der Waals surface area (Å²) in [5.41, 5.74) is 0. The van der Waals surface area contributed by atoms with Crippen LogP contribution in [-0.2, 0) is 14.4 Å². The fraction of sp³-hybridized carbons (Fsp3) is 0.571. The van der Waals surface area contributed by atoms with Crippen molar-refractivity contribution in [2.45, 2.75) is 13.0 Å². The van der Waals surface area contributed by atoms with Gasteiger partial charge in [0.05, 0.1) is 13.1 Å². The Bertz CT molecular complexity index is 246. The van der Waals surface area contributed by atoms with Crippen molar-refractivity contribution in [3.8, 4) is 0 Å². The third kappa shape index (κ3) is 13.6. The number of rotatable bonds is 6. The van der Waals surface area contributed by atoms with Crippen LogP contribution in [0.3, 0.4) is 0 Å². The number of hydrogen-bond donors (Lipinski definition) is 3. The fourth-order valence-corrected chi connectivity index (χ4v) is 0.833. The molecular formula is C7H14NNa3O6. The molecule has 7 nitrogen and oxygen atoms in total. The molecule has 0 bridgehead atoms. The molecule has 0 saturated heterocycles. The summed E-state index contributed by atoms with van der Waals surface area (Å²) in [5.74, 6) is -3.79. The van der Waals surface area contributed by atoms with E-state index in [1.165, 1.54) is 6.92 Å². The van der Waals surface area contributed by atoms with Crippen LogP contribution in [0.2, 0.25) is 0 Å². The van der Waals surface area contributed by atoms with Crippen molar-refractivity contribution in [2.75, 3.05) is 13.1 Å². The number of carboxylic acid groups (broad SMARTS) is 3. The monoisotopic (exact) mass is 277 g/mol. The van der Waals surface area contributed by atoms with E-state index in [9.17, 15) is 14.4 Å². The van der Waals surface area contributed by atoms with Crippen LogP contribution >= 0.6 is 0 Å². The molecule has 0 aromatic rings. The Morgan fingerprint density at radius 1 is 0.941 bits per heavy atom. The van der Waals surface area contributed by atoms with E-state index in [0.29, 0.717) is 0 Å². The summed E-state index contributed by atoms with van der Waals surface area (Å²) in [6.45, 7) is 0.00769. The predicted octanol–water partition coefficient (Wildman–Crippen LogP) is -3.01. The van der Waals surface area contributed by atoms with E-state index < -0.39 is 37.0 Å². The molecule has 86 valence electrons. The van der Waals surface area contributed by atoms with Crippen LogP contribution in [-0.4, -0.2) is 146 Å². The maximum atomic E-state index is 10.5. The molecule has 0 aromatic heterocycles. The van der Waals surface area contributed by atoms with Gasteiger partial charge in [0.25, 0.3) is 0 Å². The van der Waals surface area contributed by atoms with Crippen molar-refractivity contribution < 1.29 is 29.7 Å². The van der Waals surface area contributed by atoms with Gasteiger partial charge >= 0.3 is 107 Å². The number of hydrogen-bond acceptors (Lipinski definition) is 4. The van der Waals surface area contributed by atoms with Gasteiger partial charge in [-0.05, 0) is 6.92 Å². The molecule has 1 atom stereocenters. The normalized spacial score (nSPS) is 10.2. The SMILES string of the molecule is C[C@@H](C(=O)O)N(CC(=O)O)CC(=O)O.[NaH].[NaH].[NaH]. The summed E-state index contributed by atoms with van der Waals surface area (Å²) >= 11 is 0. The molecule has 0 unspecified atom stereocenters. The fourth-order valence-electron chi connectivity index (χ4n) is 0.833. The van der Waals surface area contributed by atoms with Crippen LogP contribution in [0, 0.1) is 0 Å². The van der Waals surface area contributed by atoms with Gasteiger partial charge in [-0.1, -0.05) is 0 Å². The van der Waals surface area contributed by atoms with E-state index in [1.54, 1.807) is 0 Å². The molecule has 0 aliphatic rings. The predicted molar refractivity (Wildman–Crippen MR) is 65.4 cm³/mol. The van der Waals surface area contributed by atoms with E-state index in [4.69, 9.17) is 15.3 Å². The molecule has 0 heterocycles. The number of aliphatic carboxylic acids is 3. The van der Waals surface area contributed by atoms with E-state index >= 15 is 0 Å². The minimum absolute atomic E-state index is 0. The molecule has 17 heavy (non-hydrogen) atoms. The molecular weight excluding hydrogens is 263 g/mol. The van der Waals surface area contributed by atoms with E-state index in [0.717, 1.165) is 4.90 Å². The van der Waals surface area contributed by atoms with Crippen LogP contribution in [0.1, 0.15) is 6.92 Å². The summed E-state index contributed by atoms with van der Waals surface area (Å²) in [4.78, 5) is 31.9. The van der Waals surface area contributed by atoms with E-state index in [-0.39, 0.29) is 88.7 Å². The van der Waals surface area contributed by atoms with Gasteiger partial charge in [0.15, 0.2) is 0 Å². The Morgan fingerprint density at radius 2 is 1.24 bits per heavy atom. The second kappa shape index (κ2) is 13.8. The second-order valence-corrected chi connectivity index (χ2v) is 2.71. The van der Waals surface area contributed by atoms with Crippen molar-refractivity contribution in [1.82, 2.24) is 4.90 Å². The Balaban J connectivity index is -0.000000282. The van der Waals surface area contributed by atoms with Gasteiger partial charge in [0.2, 0.25) is 0 Å². The number of carbonyl (C=O) groups is 3. The van der Waals surface area contributed by atoms with Crippen molar-refractivity contribution in [2.24, 2.45) is 0 Å². The van der Waals surface area contributed by atoms with Gasteiger partial charge in [-0.25, -0.2) is 0 Å².